The highest BCUT2D eigenvalue weighted by atomic mass is 32.2. The number of amides is 2. The second-order valence-corrected chi connectivity index (χ2v) is 8.94. The lowest BCUT2D eigenvalue weighted by molar-refractivity contribution is 0.0951. The molecule has 12 heteroatoms. The first-order valence-corrected chi connectivity index (χ1v) is 12.0. The van der Waals surface area contributed by atoms with E-state index in [1.165, 1.54) is 36.4 Å². The molecule has 0 fully saturated rings. The summed E-state index contributed by atoms with van der Waals surface area (Å²) < 4.78 is 41.6. The zero-order chi connectivity index (χ0) is 26.1. The number of ether oxygens (including phenoxy) is 3. The summed E-state index contributed by atoms with van der Waals surface area (Å²) in [7, 11) is -1.60. The van der Waals surface area contributed by atoms with Crippen molar-refractivity contribution in [2.75, 3.05) is 20.8 Å². The molecule has 0 atom stereocenters. The van der Waals surface area contributed by atoms with Gasteiger partial charge in [-0.2, -0.15) is 0 Å². The van der Waals surface area contributed by atoms with Crippen LogP contribution in [0.15, 0.2) is 71.8 Å². The Morgan fingerprint density at radius 1 is 0.917 bits per heavy atom. The van der Waals surface area contributed by atoms with Crippen LogP contribution in [0.5, 0.6) is 11.6 Å². The number of benzene rings is 2. The molecule has 2 aromatic carbocycles. The molecule has 2 amide bonds. The van der Waals surface area contributed by atoms with Crippen LogP contribution in [-0.2, 0) is 21.2 Å². The van der Waals surface area contributed by atoms with E-state index in [1.807, 2.05) is 29.0 Å². The fourth-order valence-electron chi connectivity index (χ4n) is 3.00. The largest absolute Gasteiger partial charge is 0.514 e. The van der Waals surface area contributed by atoms with Crippen LogP contribution < -0.4 is 19.5 Å². The van der Waals surface area contributed by atoms with Gasteiger partial charge in [0.1, 0.15) is 5.75 Å². The third kappa shape index (κ3) is 7.03. The molecule has 0 saturated heterocycles. The standard InChI is InChI=1S/C24H23N3O8S/c1-33-19-7-3-5-16(13-19)11-12-25-22(28)17-6-4-8-20(14-17)36(31,32)27-23(29)18-9-10-21(26-15-18)35-24(30)34-2/h3-10,13-15H,11-12H2,1-2H3,(H,25,28)(H,27,29). The lowest BCUT2D eigenvalue weighted by Crippen LogP contribution is -2.31. The molecule has 11 nitrogen and oxygen atoms in total. The quantitative estimate of drug-likeness (QED) is 0.411. The summed E-state index contributed by atoms with van der Waals surface area (Å²) in [4.78, 5) is 39.5. The maximum atomic E-state index is 12.7. The molecule has 1 aromatic heterocycles. The number of hydrogen-bond donors (Lipinski definition) is 2. The molecule has 3 rings (SSSR count). The minimum absolute atomic E-state index is 0.0952. The van der Waals surface area contributed by atoms with Crippen LogP contribution in [0.2, 0.25) is 0 Å². The molecule has 0 aliphatic carbocycles. The molecule has 2 N–H and O–H groups in total. The van der Waals surface area contributed by atoms with Crippen molar-refractivity contribution in [3.8, 4) is 11.6 Å². The van der Waals surface area contributed by atoms with Gasteiger partial charge >= 0.3 is 6.16 Å². The van der Waals surface area contributed by atoms with Crippen molar-refractivity contribution in [3.05, 3.63) is 83.6 Å². The molecule has 0 aliphatic rings. The lowest BCUT2D eigenvalue weighted by Gasteiger charge is -2.10. The van der Waals surface area contributed by atoms with E-state index < -0.39 is 28.0 Å². The molecular formula is C24H23N3O8S. The van der Waals surface area contributed by atoms with E-state index in [0.29, 0.717) is 18.7 Å². The molecule has 0 bridgehead atoms. The van der Waals surface area contributed by atoms with Gasteiger partial charge in [-0.25, -0.2) is 22.9 Å². The monoisotopic (exact) mass is 513 g/mol. The summed E-state index contributed by atoms with van der Waals surface area (Å²) >= 11 is 0. The Morgan fingerprint density at radius 3 is 2.39 bits per heavy atom. The zero-order valence-corrected chi connectivity index (χ0v) is 20.2. The van der Waals surface area contributed by atoms with E-state index in [9.17, 15) is 22.8 Å². The molecule has 3 aromatic rings. The van der Waals surface area contributed by atoms with Gasteiger partial charge in [0.2, 0.25) is 5.88 Å². The maximum absolute atomic E-state index is 12.7. The zero-order valence-electron chi connectivity index (χ0n) is 19.4. The first-order valence-electron chi connectivity index (χ1n) is 10.5. The number of carbonyl (C=O) groups is 3. The Morgan fingerprint density at radius 2 is 1.69 bits per heavy atom. The Kier molecular flexibility index (Phi) is 8.57. The third-order valence-corrected chi connectivity index (χ3v) is 6.15. The fourth-order valence-corrected chi connectivity index (χ4v) is 4.02. The summed E-state index contributed by atoms with van der Waals surface area (Å²) in [5, 5.41) is 2.74. The number of pyridine rings is 1. The van der Waals surface area contributed by atoms with Crippen molar-refractivity contribution < 1.29 is 37.0 Å². The lowest BCUT2D eigenvalue weighted by atomic mass is 10.1. The van der Waals surface area contributed by atoms with Crippen molar-refractivity contribution in [1.82, 2.24) is 15.0 Å². The number of methoxy groups -OCH3 is 2. The Hall–Kier alpha value is -4.45. The van der Waals surface area contributed by atoms with Gasteiger partial charge in [0.15, 0.2) is 0 Å². The summed E-state index contributed by atoms with van der Waals surface area (Å²) in [5.41, 5.74) is 0.984. The van der Waals surface area contributed by atoms with Gasteiger partial charge in [0, 0.05) is 24.4 Å². The van der Waals surface area contributed by atoms with Crippen molar-refractivity contribution in [3.63, 3.8) is 0 Å². The number of carbonyl (C=O) groups excluding carboxylic acids is 3. The number of rotatable bonds is 9. The van der Waals surface area contributed by atoms with Crippen molar-refractivity contribution in [2.45, 2.75) is 11.3 Å². The molecule has 0 aliphatic heterocycles. The Labute approximate surface area is 207 Å². The van der Waals surface area contributed by atoms with E-state index in [4.69, 9.17) is 9.47 Å². The normalized spacial score (nSPS) is 10.7. The fraction of sp³-hybridized carbons (Fsp3) is 0.167. The third-order valence-electron chi connectivity index (χ3n) is 4.82. The second kappa shape index (κ2) is 11.8. The minimum atomic E-state index is -4.29. The first-order chi connectivity index (χ1) is 17.2. The van der Waals surface area contributed by atoms with Crippen molar-refractivity contribution >= 4 is 28.0 Å². The first kappa shape index (κ1) is 26.2. The molecule has 188 valence electrons. The van der Waals surface area contributed by atoms with E-state index >= 15 is 0 Å². The molecule has 0 unspecified atom stereocenters. The SMILES string of the molecule is COC(=O)Oc1ccc(C(=O)NS(=O)(=O)c2cccc(C(=O)NCCc3cccc(OC)c3)c2)cn1. The van der Waals surface area contributed by atoms with Crippen molar-refractivity contribution in [2.24, 2.45) is 0 Å². The summed E-state index contributed by atoms with van der Waals surface area (Å²) in [5.74, 6) is -0.849. The molecule has 0 spiro atoms. The van der Waals surface area contributed by atoms with E-state index in [2.05, 4.69) is 15.0 Å². The van der Waals surface area contributed by atoms with E-state index in [0.717, 1.165) is 18.9 Å². The van der Waals surface area contributed by atoms with Crippen LogP contribution in [0.25, 0.3) is 0 Å². The van der Waals surface area contributed by atoms with Gasteiger partial charge in [0.25, 0.3) is 21.8 Å². The van der Waals surface area contributed by atoms with Gasteiger partial charge in [-0.15, -0.1) is 0 Å². The number of nitrogens with zero attached hydrogens (tertiary/aromatic N) is 1. The predicted octanol–water partition coefficient (Wildman–Crippen LogP) is 2.33. The Balaban J connectivity index is 1.62. The average Bonchev–Trinajstić information content (AvgIpc) is 2.89. The van der Waals surface area contributed by atoms with Crippen LogP contribution >= 0.6 is 0 Å². The molecule has 0 radical (unpaired) electrons. The summed E-state index contributed by atoms with van der Waals surface area (Å²) in [6.45, 7) is 0.322. The highest BCUT2D eigenvalue weighted by molar-refractivity contribution is 7.90. The van der Waals surface area contributed by atoms with Crippen LogP contribution in [0.3, 0.4) is 0 Å². The number of sulfonamides is 1. The number of nitrogens with one attached hydrogen (secondary N) is 2. The molecule has 0 saturated carbocycles. The highest BCUT2D eigenvalue weighted by Gasteiger charge is 2.21. The van der Waals surface area contributed by atoms with E-state index in [1.54, 1.807) is 7.11 Å². The molecule has 1 heterocycles. The second-order valence-electron chi connectivity index (χ2n) is 7.26. The maximum Gasteiger partial charge on any atom is 0.514 e. The molecular weight excluding hydrogens is 490 g/mol. The topological polar surface area (TPSA) is 150 Å². The van der Waals surface area contributed by atoms with Crippen LogP contribution in [0.1, 0.15) is 26.3 Å². The van der Waals surface area contributed by atoms with Crippen LogP contribution in [0.4, 0.5) is 4.79 Å². The van der Waals surface area contributed by atoms with Crippen LogP contribution in [-0.4, -0.2) is 52.1 Å². The van der Waals surface area contributed by atoms with Gasteiger partial charge in [-0.05, 0) is 48.4 Å². The van der Waals surface area contributed by atoms with Crippen LogP contribution in [0, 0.1) is 0 Å². The van der Waals surface area contributed by atoms with Gasteiger partial charge in [-0.3, -0.25) is 9.59 Å². The van der Waals surface area contributed by atoms with Gasteiger partial charge < -0.3 is 19.5 Å². The summed E-state index contributed by atoms with van der Waals surface area (Å²) in [6, 6.07) is 15.1. The predicted molar refractivity (Wildman–Crippen MR) is 127 cm³/mol. The summed E-state index contributed by atoms with van der Waals surface area (Å²) in [6.07, 6.45) is 0.593. The molecule has 36 heavy (non-hydrogen) atoms. The van der Waals surface area contributed by atoms with Gasteiger partial charge in [-0.1, -0.05) is 18.2 Å². The highest BCUT2D eigenvalue weighted by Crippen LogP contribution is 2.15. The minimum Gasteiger partial charge on any atom is -0.497 e. The Bertz CT molecular complexity index is 1360. The van der Waals surface area contributed by atoms with E-state index in [-0.39, 0.29) is 21.9 Å². The number of hydrogen-bond acceptors (Lipinski definition) is 9. The smallest absolute Gasteiger partial charge is 0.497 e. The average molecular weight is 514 g/mol. The number of aromatic nitrogens is 1. The van der Waals surface area contributed by atoms with Crippen molar-refractivity contribution in [1.29, 1.82) is 0 Å². The van der Waals surface area contributed by atoms with Gasteiger partial charge in [0.05, 0.1) is 24.7 Å².